The summed E-state index contributed by atoms with van der Waals surface area (Å²) >= 11 is 0. The molecule has 10 nitrogen and oxygen atoms in total. The van der Waals surface area contributed by atoms with Crippen LogP contribution >= 0.6 is 0 Å². The van der Waals surface area contributed by atoms with Crippen LogP contribution in [0.2, 0.25) is 0 Å². The summed E-state index contributed by atoms with van der Waals surface area (Å²) in [4.78, 5) is 30.7. The molecule has 2 fully saturated rings. The van der Waals surface area contributed by atoms with E-state index in [9.17, 15) is 14.7 Å². The first-order chi connectivity index (χ1) is 23.5. The van der Waals surface area contributed by atoms with Gasteiger partial charge in [-0.05, 0) is 53.8 Å². The van der Waals surface area contributed by atoms with Gasteiger partial charge in [-0.25, -0.2) is 9.59 Å². The average Bonchev–Trinajstić information content (AvgIpc) is 3.47. The molecule has 4 N–H and O–H groups in total. The summed E-state index contributed by atoms with van der Waals surface area (Å²) < 4.78 is 15.0. The maximum atomic E-state index is 12.8. The molecule has 0 saturated carbocycles. The standard InChI is InChI=1S/C38H41N5O5/c44-25-27-10-12-28(13-11-27)35-22-32(24-42-20-18-31(19-21-42)43-34-9-5-4-8-33(34)41-38(43)46)47-36(48-35)29-14-16-30(17-15-29)40-37(45)39-23-26-6-2-1-3-7-26/h1-17,31-32,35-36,44H,18-25H2,(H,41,46)(H2,39,40,45)/t32-,35+,36+/m0/s1. The van der Waals surface area contributed by atoms with Gasteiger partial charge in [-0.1, -0.05) is 78.9 Å². The van der Waals surface area contributed by atoms with Crippen molar-refractivity contribution in [1.29, 1.82) is 0 Å². The number of aromatic amines is 1. The molecule has 4 aromatic carbocycles. The lowest BCUT2D eigenvalue weighted by Gasteiger charge is -2.40. The second-order valence-electron chi connectivity index (χ2n) is 12.6. The maximum absolute atomic E-state index is 12.8. The SMILES string of the molecule is O=C(NCc1ccccc1)Nc1ccc([C@@H]2O[C@H](CN3CCC(n4c(=O)[nH]c5ccccc54)CC3)C[C@H](c3ccc(CO)cc3)O2)cc1. The summed E-state index contributed by atoms with van der Waals surface area (Å²) in [5.74, 6) is 0. The van der Waals surface area contributed by atoms with Crippen LogP contribution in [0.5, 0.6) is 0 Å². The van der Waals surface area contributed by atoms with Gasteiger partial charge in [-0.15, -0.1) is 0 Å². The number of para-hydroxylation sites is 2. The predicted octanol–water partition coefficient (Wildman–Crippen LogP) is 6.03. The summed E-state index contributed by atoms with van der Waals surface area (Å²) in [5.41, 5.74) is 6.24. The fourth-order valence-corrected chi connectivity index (χ4v) is 6.79. The number of anilines is 1. The van der Waals surface area contributed by atoms with Crippen LogP contribution in [0.4, 0.5) is 10.5 Å². The molecule has 2 saturated heterocycles. The van der Waals surface area contributed by atoms with E-state index in [1.54, 1.807) is 0 Å². The Morgan fingerprint density at radius 3 is 2.29 bits per heavy atom. The number of H-pyrrole nitrogens is 1. The van der Waals surface area contributed by atoms with Crippen molar-refractivity contribution in [3.8, 4) is 0 Å². The lowest BCUT2D eigenvalue weighted by Crippen LogP contribution is -2.43. The molecule has 248 valence electrons. The van der Waals surface area contributed by atoms with Gasteiger partial charge in [0.25, 0.3) is 0 Å². The zero-order valence-electron chi connectivity index (χ0n) is 26.8. The molecule has 0 unspecified atom stereocenters. The number of urea groups is 1. The number of hydrogen-bond donors (Lipinski definition) is 4. The first kappa shape index (κ1) is 31.8. The largest absolute Gasteiger partial charge is 0.392 e. The van der Waals surface area contributed by atoms with Gasteiger partial charge < -0.3 is 35.1 Å². The van der Waals surface area contributed by atoms with Crippen molar-refractivity contribution < 1.29 is 19.4 Å². The number of aliphatic hydroxyl groups is 1. The number of carbonyl (C=O) groups excluding carboxylic acids is 1. The second kappa shape index (κ2) is 14.6. The third kappa shape index (κ3) is 7.37. The fraction of sp³-hybridized carbons (Fsp3) is 0.316. The van der Waals surface area contributed by atoms with E-state index in [0.29, 0.717) is 18.7 Å². The molecule has 48 heavy (non-hydrogen) atoms. The summed E-state index contributed by atoms with van der Waals surface area (Å²) in [6, 6.07) is 33.0. The zero-order chi connectivity index (χ0) is 32.9. The summed E-state index contributed by atoms with van der Waals surface area (Å²) in [6.07, 6.45) is 1.60. The summed E-state index contributed by atoms with van der Waals surface area (Å²) in [5, 5.41) is 15.3. The van der Waals surface area contributed by atoms with Gasteiger partial charge in [0.15, 0.2) is 6.29 Å². The van der Waals surface area contributed by atoms with Gasteiger partial charge in [0.1, 0.15) is 0 Å². The number of piperidine rings is 1. The van der Waals surface area contributed by atoms with Crippen LogP contribution in [-0.2, 0) is 22.6 Å². The maximum Gasteiger partial charge on any atom is 0.326 e. The molecule has 0 bridgehead atoms. The molecular formula is C38H41N5O5. The van der Waals surface area contributed by atoms with E-state index in [4.69, 9.17) is 9.47 Å². The molecule has 10 heteroatoms. The van der Waals surface area contributed by atoms with E-state index < -0.39 is 6.29 Å². The minimum absolute atomic E-state index is 0.00848. The molecule has 2 amide bonds. The monoisotopic (exact) mass is 647 g/mol. The highest BCUT2D eigenvalue weighted by Crippen LogP contribution is 2.39. The fourth-order valence-electron chi connectivity index (χ4n) is 6.79. The van der Waals surface area contributed by atoms with Gasteiger partial charge in [0.2, 0.25) is 0 Å². The highest BCUT2D eigenvalue weighted by molar-refractivity contribution is 5.89. The van der Waals surface area contributed by atoms with Crippen molar-refractivity contribution in [2.24, 2.45) is 0 Å². The highest BCUT2D eigenvalue weighted by Gasteiger charge is 2.34. The number of amides is 2. The van der Waals surface area contributed by atoms with Crippen molar-refractivity contribution in [2.75, 3.05) is 25.0 Å². The molecule has 2 aliphatic rings. The number of fused-ring (bicyclic) bond motifs is 1. The number of rotatable bonds is 9. The molecule has 0 aliphatic carbocycles. The van der Waals surface area contributed by atoms with Crippen LogP contribution in [0, 0.1) is 0 Å². The summed E-state index contributed by atoms with van der Waals surface area (Å²) in [6.45, 7) is 2.91. The normalized spacial score (nSPS) is 20.5. The van der Waals surface area contributed by atoms with Crippen LogP contribution in [0.1, 0.15) is 60.0 Å². The minimum Gasteiger partial charge on any atom is -0.392 e. The van der Waals surface area contributed by atoms with E-state index >= 15 is 0 Å². The highest BCUT2D eigenvalue weighted by atomic mass is 16.7. The number of carbonyl (C=O) groups is 1. The number of likely N-dealkylation sites (tertiary alicyclic amines) is 1. The lowest BCUT2D eigenvalue weighted by atomic mass is 9.98. The molecule has 2 aliphatic heterocycles. The van der Waals surface area contributed by atoms with Crippen molar-refractivity contribution in [2.45, 2.75) is 57.0 Å². The minimum atomic E-state index is -0.588. The van der Waals surface area contributed by atoms with Gasteiger partial charge in [0.05, 0.1) is 29.8 Å². The molecule has 5 aromatic rings. The molecule has 0 spiro atoms. The van der Waals surface area contributed by atoms with E-state index in [0.717, 1.165) is 65.8 Å². The van der Waals surface area contributed by atoms with Crippen molar-refractivity contribution in [1.82, 2.24) is 19.8 Å². The predicted molar refractivity (Wildman–Crippen MR) is 184 cm³/mol. The van der Waals surface area contributed by atoms with E-state index in [-0.39, 0.29) is 36.6 Å². The second-order valence-corrected chi connectivity index (χ2v) is 12.6. The van der Waals surface area contributed by atoms with Crippen LogP contribution in [0.15, 0.2) is 108 Å². The number of nitrogens with one attached hydrogen (secondary N) is 3. The number of hydrogen-bond acceptors (Lipinski definition) is 6. The van der Waals surface area contributed by atoms with E-state index in [1.807, 2.05) is 108 Å². The molecule has 3 atom stereocenters. The van der Waals surface area contributed by atoms with Crippen LogP contribution in [0.25, 0.3) is 11.0 Å². The molecule has 3 heterocycles. The number of imidazole rings is 1. The van der Waals surface area contributed by atoms with Crippen molar-refractivity contribution in [3.63, 3.8) is 0 Å². The number of aromatic nitrogens is 2. The van der Waals surface area contributed by atoms with Crippen LogP contribution in [-0.4, -0.2) is 51.3 Å². The van der Waals surface area contributed by atoms with E-state index in [1.165, 1.54) is 0 Å². The van der Waals surface area contributed by atoms with Gasteiger partial charge in [-0.2, -0.15) is 0 Å². The Labute approximate surface area is 279 Å². The van der Waals surface area contributed by atoms with Crippen molar-refractivity contribution >= 4 is 22.8 Å². The smallest absolute Gasteiger partial charge is 0.326 e. The first-order valence-electron chi connectivity index (χ1n) is 16.6. The van der Waals surface area contributed by atoms with Gasteiger partial charge in [0, 0.05) is 49.9 Å². The number of nitrogens with zero attached hydrogens (tertiary/aromatic N) is 2. The van der Waals surface area contributed by atoms with E-state index in [2.05, 4.69) is 20.5 Å². The Morgan fingerprint density at radius 1 is 0.833 bits per heavy atom. The Morgan fingerprint density at radius 2 is 1.54 bits per heavy atom. The van der Waals surface area contributed by atoms with Crippen molar-refractivity contribution in [3.05, 3.63) is 136 Å². The Balaban J connectivity index is 1.01. The zero-order valence-corrected chi connectivity index (χ0v) is 26.8. The number of benzene rings is 4. The Hall–Kier alpha value is -4.74. The third-order valence-electron chi connectivity index (χ3n) is 9.36. The quantitative estimate of drug-likeness (QED) is 0.155. The molecule has 7 rings (SSSR count). The van der Waals surface area contributed by atoms with Gasteiger partial charge in [-0.3, -0.25) is 4.57 Å². The summed E-state index contributed by atoms with van der Waals surface area (Å²) in [7, 11) is 0. The van der Waals surface area contributed by atoms with Crippen LogP contribution in [0.3, 0.4) is 0 Å². The number of ether oxygens (including phenoxy) is 2. The first-order valence-corrected chi connectivity index (χ1v) is 16.6. The van der Waals surface area contributed by atoms with Gasteiger partial charge >= 0.3 is 11.7 Å². The molecular weight excluding hydrogens is 606 g/mol. The third-order valence-corrected chi connectivity index (χ3v) is 9.36. The average molecular weight is 648 g/mol. The lowest BCUT2D eigenvalue weighted by molar-refractivity contribution is -0.253. The van der Waals surface area contributed by atoms with Crippen LogP contribution < -0.4 is 16.3 Å². The Kier molecular flexibility index (Phi) is 9.67. The topological polar surface area (TPSA) is 121 Å². The molecule has 0 radical (unpaired) electrons. The molecule has 1 aromatic heterocycles. The Bertz CT molecular complexity index is 1860. The number of aliphatic hydroxyl groups excluding tert-OH is 1.